The van der Waals surface area contributed by atoms with E-state index in [1.54, 1.807) is 24.3 Å². The molecule has 0 aliphatic heterocycles. The maximum atomic E-state index is 12.8. The zero-order valence-corrected chi connectivity index (χ0v) is 15.2. The molecule has 5 nitrogen and oxygen atoms in total. The van der Waals surface area contributed by atoms with Gasteiger partial charge < -0.3 is 8.92 Å². The van der Waals surface area contributed by atoms with Crippen LogP contribution in [-0.2, 0) is 10.1 Å². The fraction of sp³-hybridized carbons (Fsp3) is 0.105. The third-order valence-corrected chi connectivity index (χ3v) is 4.89. The van der Waals surface area contributed by atoms with E-state index in [-0.39, 0.29) is 11.1 Å². The summed E-state index contributed by atoms with van der Waals surface area (Å²) in [4.78, 5) is 12.8. The number of carbonyl (C=O) groups excluding carboxylic acids is 1. The van der Waals surface area contributed by atoms with Crippen LogP contribution in [0.15, 0.2) is 60.7 Å². The Bertz CT molecular complexity index is 1140. The number of hydrogen-bond donors (Lipinski definition) is 0. The maximum Gasteiger partial charge on any atom is 0.534 e. The summed E-state index contributed by atoms with van der Waals surface area (Å²) in [7, 11) is -4.50. The highest BCUT2D eigenvalue weighted by atomic mass is 32.2. The van der Waals surface area contributed by atoms with Crippen LogP contribution < -0.4 is 8.92 Å². The molecule has 0 amide bonds. The van der Waals surface area contributed by atoms with Gasteiger partial charge in [-0.2, -0.15) is 21.6 Å². The zero-order chi connectivity index (χ0) is 20.5. The van der Waals surface area contributed by atoms with Crippen molar-refractivity contribution in [1.82, 2.24) is 0 Å². The molecule has 146 valence electrons. The molecule has 0 saturated carbocycles. The summed E-state index contributed by atoms with van der Waals surface area (Å²) in [6.45, 7) is 0. The molecule has 0 aromatic heterocycles. The first-order valence-corrected chi connectivity index (χ1v) is 9.25. The second-order valence-electron chi connectivity index (χ2n) is 5.74. The molecule has 0 N–H and O–H groups in total. The van der Waals surface area contributed by atoms with Crippen molar-refractivity contribution < 1.29 is 35.3 Å². The molecule has 28 heavy (non-hydrogen) atoms. The number of benzene rings is 3. The molecule has 0 aliphatic rings. The molecule has 3 aromatic carbocycles. The van der Waals surface area contributed by atoms with Crippen LogP contribution in [-0.4, -0.2) is 26.8 Å². The van der Waals surface area contributed by atoms with Crippen molar-refractivity contribution in [2.24, 2.45) is 0 Å². The third kappa shape index (κ3) is 3.79. The first kappa shape index (κ1) is 19.7. The topological polar surface area (TPSA) is 69.7 Å². The highest BCUT2D eigenvalue weighted by Gasteiger charge is 2.49. The van der Waals surface area contributed by atoms with Crippen LogP contribution in [0.5, 0.6) is 11.5 Å². The van der Waals surface area contributed by atoms with E-state index in [2.05, 4.69) is 4.18 Å². The molecule has 0 bridgehead atoms. The molecule has 0 saturated heterocycles. The summed E-state index contributed by atoms with van der Waals surface area (Å²) in [5.74, 6) is -0.913. The van der Waals surface area contributed by atoms with Gasteiger partial charge in [0.15, 0.2) is 11.5 Å². The molecule has 0 heterocycles. The highest BCUT2D eigenvalue weighted by Crippen LogP contribution is 2.33. The van der Waals surface area contributed by atoms with Crippen LogP contribution in [0, 0.1) is 0 Å². The minimum atomic E-state index is -5.94. The van der Waals surface area contributed by atoms with Gasteiger partial charge in [-0.25, -0.2) is 0 Å². The van der Waals surface area contributed by atoms with Gasteiger partial charge in [0, 0.05) is 5.56 Å². The van der Waals surface area contributed by atoms with E-state index >= 15 is 0 Å². The second kappa shape index (κ2) is 7.16. The summed E-state index contributed by atoms with van der Waals surface area (Å²) in [5, 5.41) is 0.956. The van der Waals surface area contributed by atoms with Crippen molar-refractivity contribution in [3.05, 3.63) is 71.8 Å². The van der Waals surface area contributed by atoms with Crippen LogP contribution in [0.3, 0.4) is 0 Å². The van der Waals surface area contributed by atoms with Gasteiger partial charge in [0.1, 0.15) is 5.75 Å². The van der Waals surface area contributed by atoms with Gasteiger partial charge in [-0.05, 0) is 47.2 Å². The Morgan fingerprint density at radius 2 is 1.50 bits per heavy atom. The lowest BCUT2D eigenvalue weighted by Crippen LogP contribution is -2.28. The number of methoxy groups -OCH3 is 1. The predicted molar refractivity (Wildman–Crippen MR) is 96.0 cm³/mol. The zero-order valence-electron chi connectivity index (χ0n) is 14.4. The van der Waals surface area contributed by atoms with E-state index in [0.29, 0.717) is 16.5 Å². The molecule has 3 rings (SSSR count). The minimum absolute atomic E-state index is 0.130. The van der Waals surface area contributed by atoms with Crippen molar-refractivity contribution >= 4 is 26.7 Å². The normalized spacial score (nSPS) is 12.0. The number of halogens is 3. The molecule has 0 spiro atoms. The second-order valence-corrected chi connectivity index (χ2v) is 7.27. The van der Waals surface area contributed by atoms with Crippen molar-refractivity contribution in [2.75, 3.05) is 7.11 Å². The Kier molecular flexibility index (Phi) is 5.03. The van der Waals surface area contributed by atoms with Gasteiger partial charge in [0.05, 0.1) is 12.7 Å². The number of carbonyl (C=O) groups is 1. The SMILES string of the molecule is COc1ccc(C(=O)c2cc3ccccc3cc2OS(=O)(=O)C(F)(F)F)cc1. The van der Waals surface area contributed by atoms with Crippen LogP contribution in [0.4, 0.5) is 13.2 Å². The van der Waals surface area contributed by atoms with Gasteiger partial charge in [0.2, 0.25) is 0 Å². The smallest absolute Gasteiger partial charge is 0.497 e. The molecule has 9 heteroatoms. The van der Waals surface area contributed by atoms with Crippen LogP contribution in [0.2, 0.25) is 0 Å². The largest absolute Gasteiger partial charge is 0.534 e. The molecule has 0 unspecified atom stereocenters. The standard InChI is InChI=1S/C19H13F3O5S/c1-26-15-8-6-12(7-9-15)18(23)16-10-13-4-2-3-5-14(13)11-17(16)27-28(24,25)19(20,21)22/h2-11H,1H3. The summed E-state index contributed by atoms with van der Waals surface area (Å²) in [6, 6.07) is 14.7. The van der Waals surface area contributed by atoms with E-state index in [9.17, 15) is 26.4 Å². The average molecular weight is 410 g/mol. The van der Waals surface area contributed by atoms with E-state index in [4.69, 9.17) is 4.74 Å². The summed E-state index contributed by atoms with van der Waals surface area (Å²) >= 11 is 0. The monoisotopic (exact) mass is 410 g/mol. The van der Waals surface area contributed by atoms with E-state index < -0.39 is 27.2 Å². The van der Waals surface area contributed by atoms with E-state index in [1.165, 1.54) is 37.4 Å². The van der Waals surface area contributed by atoms with E-state index in [1.807, 2.05) is 0 Å². The lowest BCUT2D eigenvalue weighted by molar-refractivity contribution is -0.0500. The summed E-state index contributed by atoms with van der Waals surface area (Å²) in [6.07, 6.45) is 0. The summed E-state index contributed by atoms with van der Waals surface area (Å²) < 4.78 is 70.5. The number of rotatable bonds is 5. The van der Waals surface area contributed by atoms with Crippen LogP contribution in [0.25, 0.3) is 10.8 Å². The fourth-order valence-corrected chi connectivity index (χ4v) is 3.00. The Morgan fingerprint density at radius 3 is 2.04 bits per heavy atom. The minimum Gasteiger partial charge on any atom is -0.497 e. The van der Waals surface area contributed by atoms with Gasteiger partial charge in [-0.3, -0.25) is 4.79 Å². The number of ether oxygens (including phenoxy) is 1. The predicted octanol–water partition coefficient (Wildman–Crippen LogP) is 4.31. The van der Waals surface area contributed by atoms with Crippen LogP contribution >= 0.6 is 0 Å². The first-order chi connectivity index (χ1) is 13.1. The van der Waals surface area contributed by atoms with Gasteiger partial charge >= 0.3 is 15.6 Å². The Balaban J connectivity index is 2.14. The number of fused-ring (bicyclic) bond motifs is 1. The Hall–Kier alpha value is -3.07. The first-order valence-electron chi connectivity index (χ1n) is 7.85. The van der Waals surface area contributed by atoms with Crippen LogP contribution in [0.1, 0.15) is 15.9 Å². The van der Waals surface area contributed by atoms with Gasteiger partial charge in [-0.15, -0.1) is 0 Å². The Labute approximate surface area is 158 Å². The number of ketones is 1. The van der Waals surface area contributed by atoms with Crippen molar-refractivity contribution in [2.45, 2.75) is 5.51 Å². The molecule has 0 radical (unpaired) electrons. The van der Waals surface area contributed by atoms with E-state index in [0.717, 1.165) is 6.07 Å². The van der Waals surface area contributed by atoms with Gasteiger partial charge in [-0.1, -0.05) is 24.3 Å². The molecule has 0 aliphatic carbocycles. The molecular weight excluding hydrogens is 397 g/mol. The Morgan fingerprint density at radius 1 is 0.929 bits per heavy atom. The van der Waals surface area contributed by atoms with Crippen molar-refractivity contribution in [3.8, 4) is 11.5 Å². The lowest BCUT2D eigenvalue weighted by Gasteiger charge is -2.14. The third-order valence-electron chi connectivity index (χ3n) is 3.93. The molecule has 0 fully saturated rings. The lowest BCUT2D eigenvalue weighted by atomic mass is 9.99. The summed E-state index contributed by atoms with van der Waals surface area (Å²) in [5.41, 5.74) is -5.80. The van der Waals surface area contributed by atoms with Crippen molar-refractivity contribution in [3.63, 3.8) is 0 Å². The van der Waals surface area contributed by atoms with Crippen molar-refractivity contribution in [1.29, 1.82) is 0 Å². The molecule has 3 aromatic rings. The quantitative estimate of drug-likeness (QED) is 0.356. The number of hydrogen-bond acceptors (Lipinski definition) is 5. The molecule has 0 atom stereocenters. The number of alkyl halides is 3. The molecular formula is C19H13F3O5S. The average Bonchev–Trinajstić information content (AvgIpc) is 2.66. The highest BCUT2D eigenvalue weighted by molar-refractivity contribution is 7.88. The fourth-order valence-electron chi connectivity index (χ4n) is 2.53. The maximum absolute atomic E-state index is 12.8. The van der Waals surface area contributed by atoms with Gasteiger partial charge in [0.25, 0.3) is 0 Å².